The first-order valence-corrected chi connectivity index (χ1v) is 7.37. The molecule has 0 radical (unpaired) electrons. The summed E-state index contributed by atoms with van der Waals surface area (Å²) in [6, 6.07) is 6.90. The van der Waals surface area contributed by atoms with Gasteiger partial charge in [-0.3, -0.25) is 0 Å². The van der Waals surface area contributed by atoms with Crippen molar-refractivity contribution in [3.8, 4) is 0 Å². The van der Waals surface area contributed by atoms with Crippen molar-refractivity contribution in [2.45, 2.75) is 38.8 Å². The lowest BCUT2D eigenvalue weighted by atomic mass is 10.0. The number of hydrogen-bond acceptors (Lipinski definition) is 2. The van der Waals surface area contributed by atoms with E-state index >= 15 is 0 Å². The van der Waals surface area contributed by atoms with E-state index in [4.69, 9.17) is 23.2 Å². The summed E-state index contributed by atoms with van der Waals surface area (Å²) in [4.78, 5) is 2.40. The summed E-state index contributed by atoms with van der Waals surface area (Å²) in [6.45, 7) is 6.43. The van der Waals surface area contributed by atoms with Crippen LogP contribution < -0.4 is 10.2 Å². The molecular formula is C14H20Cl2N2. The molecule has 0 aliphatic carbocycles. The second-order valence-corrected chi connectivity index (χ2v) is 5.59. The lowest BCUT2D eigenvalue weighted by Crippen LogP contribution is -2.56. The van der Waals surface area contributed by atoms with Gasteiger partial charge in [-0.05, 0) is 25.0 Å². The van der Waals surface area contributed by atoms with Gasteiger partial charge in [0.1, 0.15) is 0 Å². The molecule has 18 heavy (non-hydrogen) atoms. The zero-order valence-electron chi connectivity index (χ0n) is 10.9. The van der Waals surface area contributed by atoms with Gasteiger partial charge in [-0.1, -0.05) is 43.1 Å². The standard InChI is InChI=1S/C14H20Cl2N2/c1-3-10-9-18(11(4-2)8-17-10)13-7-5-6-12(15)14(13)16/h5-7,10-11,17H,3-4,8-9H2,1-2H3. The highest BCUT2D eigenvalue weighted by Crippen LogP contribution is 2.34. The van der Waals surface area contributed by atoms with Crippen LogP contribution in [0.3, 0.4) is 0 Å². The van der Waals surface area contributed by atoms with Crippen molar-refractivity contribution >= 4 is 28.9 Å². The average molecular weight is 287 g/mol. The monoisotopic (exact) mass is 286 g/mol. The number of anilines is 1. The Bertz CT molecular complexity index is 409. The van der Waals surface area contributed by atoms with Crippen LogP contribution >= 0.6 is 23.2 Å². The first-order valence-electron chi connectivity index (χ1n) is 6.61. The number of halogens is 2. The highest BCUT2D eigenvalue weighted by Gasteiger charge is 2.27. The fourth-order valence-electron chi connectivity index (χ4n) is 2.51. The molecule has 1 aliphatic heterocycles. The third kappa shape index (κ3) is 2.76. The third-order valence-corrected chi connectivity index (χ3v) is 4.51. The number of nitrogens with zero attached hydrogens (tertiary/aromatic N) is 1. The van der Waals surface area contributed by atoms with E-state index in [9.17, 15) is 0 Å². The minimum atomic E-state index is 0.490. The molecule has 2 nitrogen and oxygen atoms in total. The van der Waals surface area contributed by atoms with Crippen LogP contribution in [0.25, 0.3) is 0 Å². The fraction of sp³-hybridized carbons (Fsp3) is 0.571. The molecule has 4 heteroatoms. The van der Waals surface area contributed by atoms with Crippen molar-refractivity contribution in [2.24, 2.45) is 0 Å². The van der Waals surface area contributed by atoms with Crippen LogP contribution in [-0.4, -0.2) is 25.2 Å². The fourth-order valence-corrected chi connectivity index (χ4v) is 2.92. The van der Waals surface area contributed by atoms with Crippen LogP contribution in [0.15, 0.2) is 18.2 Å². The summed E-state index contributed by atoms with van der Waals surface area (Å²) in [5.41, 5.74) is 1.07. The van der Waals surface area contributed by atoms with E-state index in [1.54, 1.807) is 0 Å². The first-order chi connectivity index (χ1) is 8.67. The van der Waals surface area contributed by atoms with E-state index in [1.165, 1.54) is 0 Å². The molecule has 0 spiro atoms. The maximum Gasteiger partial charge on any atom is 0.0825 e. The normalized spacial score (nSPS) is 24.3. The molecule has 0 amide bonds. The Kier molecular flexibility index (Phi) is 4.77. The molecule has 1 aromatic carbocycles. The number of benzene rings is 1. The zero-order valence-corrected chi connectivity index (χ0v) is 12.4. The quantitative estimate of drug-likeness (QED) is 0.905. The molecule has 100 valence electrons. The van der Waals surface area contributed by atoms with Gasteiger partial charge in [-0.25, -0.2) is 0 Å². The van der Waals surface area contributed by atoms with Crippen molar-refractivity contribution in [3.05, 3.63) is 28.2 Å². The van der Waals surface area contributed by atoms with Crippen LogP contribution in [0, 0.1) is 0 Å². The van der Waals surface area contributed by atoms with Gasteiger partial charge in [0, 0.05) is 25.2 Å². The largest absolute Gasteiger partial charge is 0.364 e. The van der Waals surface area contributed by atoms with Gasteiger partial charge >= 0.3 is 0 Å². The smallest absolute Gasteiger partial charge is 0.0825 e. The highest BCUT2D eigenvalue weighted by molar-refractivity contribution is 6.43. The van der Waals surface area contributed by atoms with E-state index in [0.29, 0.717) is 22.1 Å². The molecular weight excluding hydrogens is 267 g/mol. The van der Waals surface area contributed by atoms with Gasteiger partial charge < -0.3 is 10.2 Å². The molecule has 0 saturated carbocycles. The van der Waals surface area contributed by atoms with Crippen LogP contribution in [0.2, 0.25) is 10.0 Å². The maximum atomic E-state index is 6.35. The molecule has 2 rings (SSSR count). The van der Waals surface area contributed by atoms with Crippen molar-refractivity contribution in [2.75, 3.05) is 18.0 Å². The van der Waals surface area contributed by atoms with Crippen molar-refractivity contribution < 1.29 is 0 Å². The van der Waals surface area contributed by atoms with Crippen molar-refractivity contribution in [1.82, 2.24) is 5.32 Å². The molecule has 1 fully saturated rings. The Morgan fingerprint density at radius 1 is 1.28 bits per heavy atom. The van der Waals surface area contributed by atoms with Crippen molar-refractivity contribution in [1.29, 1.82) is 0 Å². The molecule has 0 aromatic heterocycles. The van der Waals surface area contributed by atoms with Crippen molar-refractivity contribution in [3.63, 3.8) is 0 Å². The maximum absolute atomic E-state index is 6.35. The predicted molar refractivity (Wildman–Crippen MR) is 80.0 cm³/mol. The summed E-state index contributed by atoms with van der Waals surface area (Å²) in [6.07, 6.45) is 2.23. The summed E-state index contributed by atoms with van der Waals surface area (Å²) in [5, 5.41) is 4.90. The summed E-state index contributed by atoms with van der Waals surface area (Å²) in [5.74, 6) is 0. The molecule has 1 aliphatic rings. The van der Waals surface area contributed by atoms with E-state index < -0.39 is 0 Å². The highest BCUT2D eigenvalue weighted by atomic mass is 35.5. The van der Waals surface area contributed by atoms with Gasteiger partial charge in [-0.2, -0.15) is 0 Å². The van der Waals surface area contributed by atoms with E-state index in [0.717, 1.165) is 31.6 Å². The molecule has 1 aromatic rings. The van der Waals surface area contributed by atoms with Crippen LogP contribution in [0.5, 0.6) is 0 Å². The van der Waals surface area contributed by atoms with E-state index in [-0.39, 0.29) is 0 Å². The Morgan fingerprint density at radius 3 is 2.72 bits per heavy atom. The number of hydrogen-bond donors (Lipinski definition) is 1. The molecule has 1 heterocycles. The summed E-state index contributed by atoms with van der Waals surface area (Å²) >= 11 is 12.5. The van der Waals surface area contributed by atoms with Crippen LogP contribution in [-0.2, 0) is 0 Å². The summed E-state index contributed by atoms with van der Waals surface area (Å²) in [7, 11) is 0. The van der Waals surface area contributed by atoms with Gasteiger partial charge in [-0.15, -0.1) is 0 Å². The molecule has 1 saturated heterocycles. The SMILES string of the molecule is CCC1CN(c2cccc(Cl)c2Cl)C(CC)CN1. The summed E-state index contributed by atoms with van der Waals surface area (Å²) < 4.78 is 0. The van der Waals surface area contributed by atoms with Gasteiger partial charge in [0.15, 0.2) is 0 Å². The second kappa shape index (κ2) is 6.14. The third-order valence-electron chi connectivity index (χ3n) is 3.70. The minimum absolute atomic E-state index is 0.490. The molecule has 2 unspecified atom stereocenters. The average Bonchev–Trinajstić information content (AvgIpc) is 2.41. The van der Waals surface area contributed by atoms with Gasteiger partial charge in [0.2, 0.25) is 0 Å². The molecule has 2 atom stereocenters. The zero-order chi connectivity index (χ0) is 13.1. The lowest BCUT2D eigenvalue weighted by molar-refractivity contribution is 0.379. The van der Waals surface area contributed by atoms with Crippen LogP contribution in [0.1, 0.15) is 26.7 Å². The Labute approximate surface area is 119 Å². The number of rotatable bonds is 3. The van der Waals surface area contributed by atoms with Gasteiger partial charge in [0.05, 0.1) is 15.7 Å². The Balaban J connectivity index is 2.29. The topological polar surface area (TPSA) is 15.3 Å². The number of nitrogens with one attached hydrogen (secondary N) is 1. The van der Waals surface area contributed by atoms with Crippen LogP contribution in [0.4, 0.5) is 5.69 Å². The van der Waals surface area contributed by atoms with E-state index in [2.05, 4.69) is 30.1 Å². The molecule has 0 bridgehead atoms. The molecule has 1 N–H and O–H groups in total. The predicted octanol–water partition coefficient (Wildman–Crippen LogP) is 3.96. The minimum Gasteiger partial charge on any atom is -0.364 e. The van der Waals surface area contributed by atoms with Gasteiger partial charge in [0.25, 0.3) is 0 Å². The second-order valence-electron chi connectivity index (χ2n) is 4.80. The lowest BCUT2D eigenvalue weighted by Gasteiger charge is -2.42. The first kappa shape index (κ1) is 14.0. The number of piperazine rings is 1. The Hall–Kier alpha value is -0.440. The van der Waals surface area contributed by atoms with E-state index in [1.807, 2.05) is 12.1 Å². The Morgan fingerprint density at radius 2 is 2.06 bits per heavy atom.